The first-order valence-electron chi connectivity index (χ1n) is 7.43. The van der Waals surface area contributed by atoms with Gasteiger partial charge in [-0.05, 0) is 37.3 Å². The Morgan fingerprint density at radius 2 is 2.10 bits per heavy atom. The molecular weight excluding hydrogens is 272 g/mol. The molecule has 2 fully saturated rings. The van der Waals surface area contributed by atoms with Crippen molar-refractivity contribution in [2.45, 2.75) is 38.1 Å². The second-order valence-corrected chi connectivity index (χ2v) is 6.42. The molecule has 4 heteroatoms. The highest BCUT2D eigenvalue weighted by molar-refractivity contribution is 6.31. The third-order valence-electron chi connectivity index (χ3n) is 4.93. The maximum Gasteiger partial charge on any atom is 0.230 e. The molecule has 1 amide bonds. The van der Waals surface area contributed by atoms with Crippen molar-refractivity contribution in [2.24, 2.45) is 11.1 Å². The van der Waals surface area contributed by atoms with Crippen LogP contribution in [0.5, 0.6) is 0 Å². The van der Waals surface area contributed by atoms with E-state index < -0.39 is 0 Å². The van der Waals surface area contributed by atoms with E-state index in [0.717, 1.165) is 49.2 Å². The fourth-order valence-corrected chi connectivity index (χ4v) is 3.75. The number of hydrogen-bond donors (Lipinski definition) is 1. The van der Waals surface area contributed by atoms with Gasteiger partial charge in [-0.2, -0.15) is 0 Å². The first kappa shape index (κ1) is 13.9. The van der Waals surface area contributed by atoms with Gasteiger partial charge in [0, 0.05) is 18.1 Å². The summed E-state index contributed by atoms with van der Waals surface area (Å²) >= 11 is 6.31. The molecule has 0 bridgehead atoms. The molecule has 1 saturated carbocycles. The van der Waals surface area contributed by atoms with Crippen LogP contribution in [0.2, 0.25) is 5.02 Å². The Morgan fingerprint density at radius 3 is 2.70 bits per heavy atom. The fraction of sp³-hybridized carbons (Fsp3) is 0.562. The van der Waals surface area contributed by atoms with E-state index in [4.69, 9.17) is 17.3 Å². The van der Waals surface area contributed by atoms with Crippen LogP contribution >= 0.6 is 11.6 Å². The number of halogens is 1. The van der Waals surface area contributed by atoms with E-state index in [9.17, 15) is 4.79 Å². The SMILES string of the molecule is NCC1(C(=O)N2CCCC2c2ccccc2Cl)CCC1. The summed E-state index contributed by atoms with van der Waals surface area (Å²) < 4.78 is 0. The summed E-state index contributed by atoms with van der Waals surface area (Å²) in [7, 11) is 0. The number of carbonyl (C=O) groups excluding carboxylic acids is 1. The van der Waals surface area contributed by atoms with Crippen molar-refractivity contribution in [3.63, 3.8) is 0 Å². The molecule has 1 aliphatic heterocycles. The highest BCUT2D eigenvalue weighted by atomic mass is 35.5. The Morgan fingerprint density at radius 1 is 1.35 bits per heavy atom. The molecule has 1 aromatic carbocycles. The Bertz CT molecular complexity index is 507. The van der Waals surface area contributed by atoms with Crippen molar-refractivity contribution in [3.05, 3.63) is 34.9 Å². The summed E-state index contributed by atoms with van der Waals surface area (Å²) in [4.78, 5) is 14.9. The summed E-state index contributed by atoms with van der Waals surface area (Å²) in [5.74, 6) is 0.244. The summed E-state index contributed by atoms with van der Waals surface area (Å²) in [6, 6.07) is 7.99. The minimum Gasteiger partial charge on any atom is -0.335 e. The third-order valence-corrected chi connectivity index (χ3v) is 5.28. The summed E-state index contributed by atoms with van der Waals surface area (Å²) in [5.41, 5.74) is 6.67. The predicted octanol–water partition coefficient (Wildman–Crippen LogP) is 3.13. The molecule has 1 saturated heterocycles. The summed E-state index contributed by atoms with van der Waals surface area (Å²) in [6.45, 7) is 1.30. The lowest BCUT2D eigenvalue weighted by molar-refractivity contribution is -0.147. The van der Waals surface area contributed by atoms with Gasteiger partial charge in [0.05, 0.1) is 11.5 Å². The molecule has 1 atom stereocenters. The topological polar surface area (TPSA) is 46.3 Å². The number of likely N-dealkylation sites (tertiary alicyclic amines) is 1. The average Bonchev–Trinajstić information content (AvgIpc) is 2.87. The Hall–Kier alpha value is -1.06. The Labute approximate surface area is 125 Å². The standard InChI is InChI=1S/C16H21ClN2O/c17-13-6-2-1-5-12(13)14-7-3-10-19(14)15(20)16(11-18)8-4-9-16/h1-2,5-6,14H,3-4,7-11,18H2. The Kier molecular flexibility index (Phi) is 3.74. The zero-order valence-corrected chi connectivity index (χ0v) is 12.4. The van der Waals surface area contributed by atoms with Gasteiger partial charge in [0.2, 0.25) is 5.91 Å². The molecule has 0 aromatic heterocycles. The molecule has 108 valence electrons. The summed E-state index contributed by atoms with van der Waals surface area (Å²) in [5, 5.41) is 0.757. The zero-order valence-electron chi connectivity index (χ0n) is 11.6. The van der Waals surface area contributed by atoms with Crippen molar-refractivity contribution in [1.29, 1.82) is 0 Å². The van der Waals surface area contributed by atoms with Crippen LogP contribution in [0.15, 0.2) is 24.3 Å². The number of benzene rings is 1. The molecular formula is C16H21ClN2O. The van der Waals surface area contributed by atoms with Gasteiger partial charge in [-0.1, -0.05) is 36.2 Å². The normalized spacial score (nSPS) is 24.5. The molecule has 3 nitrogen and oxygen atoms in total. The molecule has 0 spiro atoms. The van der Waals surface area contributed by atoms with Crippen LogP contribution in [0.25, 0.3) is 0 Å². The first-order valence-corrected chi connectivity index (χ1v) is 7.81. The molecule has 1 unspecified atom stereocenters. The number of hydrogen-bond acceptors (Lipinski definition) is 2. The summed E-state index contributed by atoms with van der Waals surface area (Å²) in [6.07, 6.45) is 5.04. The minimum atomic E-state index is -0.288. The van der Waals surface area contributed by atoms with Gasteiger partial charge >= 0.3 is 0 Å². The van der Waals surface area contributed by atoms with Gasteiger partial charge in [0.15, 0.2) is 0 Å². The predicted molar refractivity (Wildman–Crippen MR) is 80.5 cm³/mol. The quantitative estimate of drug-likeness (QED) is 0.930. The van der Waals surface area contributed by atoms with Crippen LogP contribution in [-0.4, -0.2) is 23.9 Å². The molecule has 2 N–H and O–H groups in total. The lowest BCUT2D eigenvalue weighted by Crippen LogP contribution is -2.51. The Balaban J connectivity index is 1.86. The van der Waals surface area contributed by atoms with Crippen LogP contribution < -0.4 is 5.73 Å². The molecule has 1 heterocycles. The first-order chi connectivity index (χ1) is 9.68. The van der Waals surface area contributed by atoms with Gasteiger partial charge < -0.3 is 10.6 Å². The van der Waals surface area contributed by atoms with Gasteiger partial charge in [-0.25, -0.2) is 0 Å². The molecule has 1 aromatic rings. The highest BCUT2D eigenvalue weighted by Crippen LogP contribution is 2.45. The minimum absolute atomic E-state index is 0.125. The average molecular weight is 293 g/mol. The molecule has 2 aliphatic rings. The van der Waals surface area contributed by atoms with Gasteiger partial charge in [-0.3, -0.25) is 4.79 Å². The second-order valence-electron chi connectivity index (χ2n) is 6.02. The van der Waals surface area contributed by atoms with Crippen molar-refractivity contribution in [2.75, 3.05) is 13.1 Å². The molecule has 1 aliphatic carbocycles. The number of carbonyl (C=O) groups is 1. The van der Waals surface area contributed by atoms with Crippen LogP contribution in [0.3, 0.4) is 0 Å². The second kappa shape index (κ2) is 5.38. The van der Waals surface area contributed by atoms with Crippen molar-refractivity contribution < 1.29 is 4.79 Å². The third kappa shape index (κ3) is 2.13. The van der Waals surface area contributed by atoms with Crippen LogP contribution in [0, 0.1) is 5.41 Å². The van der Waals surface area contributed by atoms with Gasteiger partial charge in [-0.15, -0.1) is 0 Å². The van der Waals surface area contributed by atoms with Crippen molar-refractivity contribution >= 4 is 17.5 Å². The van der Waals surface area contributed by atoms with Gasteiger partial charge in [0.25, 0.3) is 0 Å². The van der Waals surface area contributed by atoms with Crippen LogP contribution in [0.1, 0.15) is 43.7 Å². The largest absolute Gasteiger partial charge is 0.335 e. The lowest BCUT2D eigenvalue weighted by atomic mass is 9.67. The maximum absolute atomic E-state index is 12.9. The number of rotatable bonds is 3. The van der Waals surface area contributed by atoms with E-state index in [0.29, 0.717) is 6.54 Å². The van der Waals surface area contributed by atoms with E-state index in [-0.39, 0.29) is 17.4 Å². The van der Waals surface area contributed by atoms with E-state index in [1.807, 2.05) is 29.2 Å². The maximum atomic E-state index is 12.9. The van der Waals surface area contributed by atoms with E-state index in [1.165, 1.54) is 0 Å². The fourth-order valence-electron chi connectivity index (χ4n) is 3.49. The zero-order chi connectivity index (χ0) is 14.2. The van der Waals surface area contributed by atoms with Crippen LogP contribution in [-0.2, 0) is 4.79 Å². The van der Waals surface area contributed by atoms with Gasteiger partial charge in [0.1, 0.15) is 0 Å². The highest BCUT2D eigenvalue weighted by Gasteiger charge is 2.47. The molecule has 0 radical (unpaired) electrons. The van der Waals surface area contributed by atoms with E-state index in [2.05, 4.69) is 0 Å². The van der Waals surface area contributed by atoms with E-state index >= 15 is 0 Å². The number of nitrogens with zero attached hydrogens (tertiary/aromatic N) is 1. The number of nitrogens with two attached hydrogens (primary N) is 1. The lowest BCUT2D eigenvalue weighted by Gasteiger charge is -2.43. The smallest absolute Gasteiger partial charge is 0.230 e. The monoisotopic (exact) mass is 292 g/mol. The van der Waals surface area contributed by atoms with Crippen molar-refractivity contribution in [1.82, 2.24) is 4.90 Å². The van der Waals surface area contributed by atoms with E-state index in [1.54, 1.807) is 0 Å². The van der Waals surface area contributed by atoms with Crippen molar-refractivity contribution in [3.8, 4) is 0 Å². The van der Waals surface area contributed by atoms with Crippen LogP contribution in [0.4, 0.5) is 0 Å². The molecule has 3 rings (SSSR count). The number of amides is 1. The molecule has 20 heavy (non-hydrogen) atoms.